The minimum absolute atomic E-state index is 0.0299. The number of aliphatic carboxylic acids is 1. The summed E-state index contributed by atoms with van der Waals surface area (Å²) in [5, 5.41) is 27.5. The summed E-state index contributed by atoms with van der Waals surface area (Å²) in [5.41, 5.74) is 6.26. The number of carboxylic acids is 1. The van der Waals surface area contributed by atoms with Crippen molar-refractivity contribution in [2.75, 3.05) is 24.6 Å². The van der Waals surface area contributed by atoms with Gasteiger partial charge in [-0.1, -0.05) is 176 Å². The van der Waals surface area contributed by atoms with E-state index >= 15 is 0 Å². The lowest BCUT2D eigenvalue weighted by molar-refractivity contribution is -0.435. The highest BCUT2D eigenvalue weighted by Gasteiger charge is 2.47. The first kappa shape index (κ1) is 47.9. The van der Waals surface area contributed by atoms with Crippen LogP contribution in [0.3, 0.4) is 0 Å². The number of hydrogen-bond donors (Lipinski definition) is 1. The molecule has 0 aliphatic carbocycles. The average Bonchev–Trinajstić information content (AvgIpc) is 3.70. The van der Waals surface area contributed by atoms with Gasteiger partial charge in [-0.25, -0.2) is 0 Å². The molecular weight excluding hydrogens is 815 g/mol. The summed E-state index contributed by atoms with van der Waals surface area (Å²) in [5.74, 6) is -0.857. The summed E-state index contributed by atoms with van der Waals surface area (Å²) in [4.78, 5) is 25.9. The zero-order valence-electron chi connectivity index (χ0n) is 39.9. The van der Waals surface area contributed by atoms with Crippen LogP contribution in [0.2, 0.25) is 0 Å². The highest BCUT2D eigenvalue weighted by Crippen LogP contribution is 2.53. The Labute approximate surface area is 393 Å². The van der Waals surface area contributed by atoms with E-state index in [0.29, 0.717) is 25.1 Å². The number of benzene rings is 5. The van der Waals surface area contributed by atoms with Gasteiger partial charge in [0, 0.05) is 28.1 Å². The number of allylic oxidation sites excluding steroid dienone is 6. The minimum Gasteiger partial charge on any atom is -0.481 e. The molecule has 0 radical (unpaired) electrons. The molecule has 0 aromatic heterocycles. The van der Waals surface area contributed by atoms with E-state index in [0.717, 1.165) is 73.5 Å². The second-order valence-electron chi connectivity index (χ2n) is 19.2. The van der Waals surface area contributed by atoms with Crippen molar-refractivity contribution in [3.63, 3.8) is 0 Å². The predicted octanol–water partition coefficient (Wildman–Crippen LogP) is 14.7. The monoisotopic (exact) mass is 885 g/mol. The van der Waals surface area contributed by atoms with Crippen molar-refractivity contribution in [1.29, 1.82) is 5.26 Å². The molecule has 1 N–H and O–H groups in total. The van der Waals surface area contributed by atoms with Gasteiger partial charge in [0.1, 0.15) is 13.0 Å². The van der Waals surface area contributed by atoms with Gasteiger partial charge in [0.15, 0.2) is 12.3 Å². The molecule has 7 rings (SSSR count). The van der Waals surface area contributed by atoms with Gasteiger partial charge in [0.2, 0.25) is 5.69 Å². The Kier molecular flexibility index (Phi) is 16.3. The number of nitrogens with zero attached hydrogens (tertiary/aromatic N) is 3. The van der Waals surface area contributed by atoms with Crippen molar-refractivity contribution in [3.8, 4) is 6.07 Å². The van der Waals surface area contributed by atoms with E-state index < -0.39 is 11.4 Å². The molecule has 1 atom stereocenters. The zero-order valence-corrected chi connectivity index (χ0v) is 39.9. The van der Waals surface area contributed by atoms with Crippen molar-refractivity contribution >= 4 is 61.8 Å². The number of unbranched alkanes of at least 4 members (excludes halogenated alkanes) is 13. The van der Waals surface area contributed by atoms with E-state index in [1.54, 1.807) is 0 Å². The standard InChI is InChI=1S/C59H69N3O4/c1-5-6-7-8-9-10-11-12-13-14-15-16-17-24-38-59(4)51-34-33-45-25-18-19-26-46(45)56(51)62(40-41-66-43-63)53(59)36-32-44(42-60)31-35-52-58(2,3)55-49-29-22-20-27-47(49)48-28-21-23-30-50(48)57(55)61(52)39-37-54(64)65/h18-23,25-36,43H,5-17,24,37-41H2,1-4H3/p+1. The van der Waals surface area contributed by atoms with Gasteiger partial charge >= 0.3 is 5.97 Å². The number of nitriles is 1. The third-order valence-corrected chi connectivity index (χ3v) is 14.4. The van der Waals surface area contributed by atoms with Crippen molar-refractivity contribution in [2.45, 2.75) is 141 Å². The van der Waals surface area contributed by atoms with Crippen LogP contribution in [0.25, 0.3) is 32.3 Å². The maximum atomic E-state index is 12.1. The van der Waals surface area contributed by atoms with Gasteiger partial charge < -0.3 is 14.7 Å². The van der Waals surface area contributed by atoms with Gasteiger partial charge in [0.05, 0.1) is 34.7 Å². The number of hydrogen-bond acceptors (Lipinski definition) is 5. The summed E-state index contributed by atoms with van der Waals surface area (Å²) < 4.78 is 7.51. The molecule has 2 aliphatic rings. The SMILES string of the molecule is CCCCCCCCCCCCCCCCC1(C)/C(=C/C=C(C#N)/C=C/C2=[N+](CCC(=O)O)c3c(c4ccccc4c4ccccc34)C2(C)C)N(CCOC=O)c2c1ccc1ccccc21. The van der Waals surface area contributed by atoms with Gasteiger partial charge in [-0.3, -0.25) is 9.59 Å². The number of fused-ring (bicyclic) bond motifs is 9. The van der Waals surface area contributed by atoms with E-state index in [2.05, 4.69) is 128 Å². The Morgan fingerprint density at radius 3 is 1.95 bits per heavy atom. The van der Waals surface area contributed by atoms with Crippen LogP contribution in [-0.4, -0.2) is 47.5 Å². The smallest absolute Gasteiger partial charge is 0.309 e. The lowest BCUT2D eigenvalue weighted by Crippen LogP contribution is -2.31. The van der Waals surface area contributed by atoms with Gasteiger partial charge in [-0.2, -0.15) is 9.84 Å². The molecule has 5 aromatic rings. The highest BCUT2D eigenvalue weighted by molar-refractivity contribution is 6.19. The Bertz CT molecular complexity index is 2700. The summed E-state index contributed by atoms with van der Waals surface area (Å²) in [6.45, 7) is 10.5. The molecule has 0 spiro atoms. The van der Waals surface area contributed by atoms with Crippen LogP contribution in [0.5, 0.6) is 0 Å². The fourth-order valence-electron chi connectivity index (χ4n) is 11.0. The Balaban J connectivity index is 1.19. The van der Waals surface area contributed by atoms with Crippen molar-refractivity contribution < 1.29 is 24.0 Å². The Morgan fingerprint density at radius 1 is 0.758 bits per heavy atom. The first-order valence-electron chi connectivity index (χ1n) is 24.8. The molecule has 344 valence electrons. The number of anilines is 1. The summed E-state index contributed by atoms with van der Waals surface area (Å²) in [6, 6.07) is 32.3. The van der Waals surface area contributed by atoms with Crippen LogP contribution in [0.15, 0.2) is 121 Å². The summed E-state index contributed by atoms with van der Waals surface area (Å²) in [7, 11) is 0. The molecule has 0 fully saturated rings. The average molecular weight is 885 g/mol. The maximum absolute atomic E-state index is 12.1. The van der Waals surface area contributed by atoms with Crippen LogP contribution in [0.4, 0.5) is 11.4 Å². The topological polar surface area (TPSA) is 93.6 Å². The first-order chi connectivity index (χ1) is 32.1. The van der Waals surface area contributed by atoms with E-state index in [4.69, 9.17) is 4.74 Å². The van der Waals surface area contributed by atoms with Crippen LogP contribution in [-0.2, 0) is 25.2 Å². The summed E-state index contributed by atoms with van der Waals surface area (Å²) in [6.07, 6.45) is 27.2. The molecule has 2 aliphatic heterocycles. The van der Waals surface area contributed by atoms with Crippen LogP contribution in [0.1, 0.15) is 142 Å². The molecule has 5 aromatic carbocycles. The normalized spacial score (nSPS) is 17.3. The number of rotatable bonds is 25. The van der Waals surface area contributed by atoms with E-state index in [-0.39, 0.29) is 18.4 Å². The molecule has 1 unspecified atom stereocenters. The third kappa shape index (κ3) is 10.3. The quantitative estimate of drug-likeness (QED) is 0.0157. The molecule has 7 nitrogen and oxygen atoms in total. The van der Waals surface area contributed by atoms with Crippen LogP contribution >= 0.6 is 0 Å². The predicted molar refractivity (Wildman–Crippen MR) is 273 cm³/mol. The molecule has 7 heteroatoms. The van der Waals surface area contributed by atoms with Gasteiger partial charge in [-0.05, 0) is 78.6 Å². The Hall–Kier alpha value is -6.00. The largest absolute Gasteiger partial charge is 0.481 e. The molecule has 0 bridgehead atoms. The molecule has 0 saturated heterocycles. The lowest BCUT2D eigenvalue weighted by Gasteiger charge is -2.30. The lowest BCUT2D eigenvalue weighted by atomic mass is 9.76. The third-order valence-electron chi connectivity index (χ3n) is 14.4. The number of carbonyl (C=O) groups excluding carboxylic acids is 1. The molecule has 0 saturated carbocycles. The Morgan fingerprint density at radius 2 is 1.33 bits per heavy atom. The number of carboxylic acid groups (broad SMARTS) is 1. The fraction of sp³-hybridized carbons (Fsp3) is 0.424. The number of carbonyl (C=O) groups is 2. The van der Waals surface area contributed by atoms with Crippen molar-refractivity contribution in [1.82, 2.24) is 0 Å². The first-order valence-corrected chi connectivity index (χ1v) is 24.8. The molecule has 0 amide bonds. The number of ether oxygens (including phenoxy) is 1. The molecule has 66 heavy (non-hydrogen) atoms. The fourth-order valence-corrected chi connectivity index (χ4v) is 11.0. The maximum Gasteiger partial charge on any atom is 0.309 e. The van der Waals surface area contributed by atoms with Crippen molar-refractivity contribution in [3.05, 3.63) is 132 Å². The second-order valence-corrected chi connectivity index (χ2v) is 19.2. The van der Waals surface area contributed by atoms with Crippen molar-refractivity contribution in [2.24, 2.45) is 0 Å². The second kappa shape index (κ2) is 22.5. The van der Waals surface area contributed by atoms with Gasteiger partial charge in [-0.15, -0.1) is 0 Å². The summed E-state index contributed by atoms with van der Waals surface area (Å²) >= 11 is 0. The minimum atomic E-state index is -0.857. The van der Waals surface area contributed by atoms with E-state index in [9.17, 15) is 20.0 Å². The molecular formula is C59H70N3O4+. The highest BCUT2D eigenvalue weighted by atomic mass is 16.5. The van der Waals surface area contributed by atoms with Crippen LogP contribution in [0, 0.1) is 11.3 Å². The molecule has 2 heterocycles. The van der Waals surface area contributed by atoms with Gasteiger partial charge in [0.25, 0.3) is 6.47 Å². The zero-order chi connectivity index (χ0) is 46.5. The van der Waals surface area contributed by atoms with E-state index in [1.165, 1.54) is 89.0 Å². The van der Waals surface area contributed by atoms with E-state index in [1.807, 2.05) is 24.3 Å². The van der Waals surface area contributed by atoms with Crippen LogP contribution < -0.4 is 4.90 Å².